The minimum absolute atomic E-state index is 0.204. The van der Waals surface area contributed by atoms with Crippen LogP contribution in [0.5, 0.6) is 0 Å². The Morgan fingerprint density at radius 2 is 1.73 bits per heavy atom. The van der Waals surface area contributed by atoms with E-state index in [4.69, 9.17) is 0 Å². The quantitative estimate of drug-likeness (QED) is 0.608. The number of rotatable bonds is 3. The van der Waals surface area contributed by atoms with Crippen molar-refractivity contribution in [1.29, 1.82) is 0 Å². The van der Waals surface area contributed by atoms with Gasteiger partial charge in [-0.1, -0.05) is 30.3 Å². The summed E-state index contributed by atoms with van der Waals surface area (Å²) < 4.78 is 23.1. The highest BCUT2D eigenvalue weighted by Gasteiger charge is 1.98. The van der Waals surface area contributed by atoms with E-state index in [1.54, 1.807) is 0 Å². The van der Waals surface area contributed by atoms with Gasteiger partial charge < -0.3 is 0 Å². The van der Waals surface area contributed by atoms with Gasteiger partial charge in [-0.3, -0.25) is 0 Å². The monoisotopic (exact) mass is 157 g/mol. The highest BCUT2D eigenvalue weighted by Crippen LogP contribution is 2.01. The minimum atomic E-state index is -0.799. The molecule has 0 aromatic heterocycles. The summed E-state index contributed by atoms with van der Waals surface area (Å²) in [7, 11) is 0. The minimum Gasteiger partial charge on any atom is -0.102 e. The zero-order chi connectivity index (χ0) is 8.10. The average molecular weight is 157 g/mol. The largest absolute Gasteiger partial charge is 0.102 e. The summed E-state index contributed by atoms with van der Waals surface area (Å²) in [4.78, 5) is 0. The van der Waals surface area contributed by atoms with Crippen molar-refractivity contribution >= 4 is 0 Å². The molecule has 0 aliphatic rings. The summed E-state index contributed by atoms with van der Waals surface area (Å²) in [6.07, 6.45) is 0.397. The summed E-state index contributed by atoms with van der Waals surface area (Å²) in [6.45, 7) is -0.204. The number of halogens is 2. The Bertz CT molecular complexity index is 199. The van der Waals surface area contributed by atoms with Crippen molar-refractivity contribution < 1.29 is 8.96 Å². The van der Waals surface area contributed by atoms with E-state index < -0.39 is 5.34 Å². The third-order valence-electron chi connectivity index (χ3n) is 1.41. The molecule has 0 aliphatic carbocycles. The number of hydrogen-bond donors (Lipinski definition) is 0. The van der Waals surface area contributed by atoms with Crippen LogP contribution in [0.1, 0.15) is 5.56 Å². The molecule has 1 aromatic carbocycles. The van der Waals surface area contributed by atoms with E-state index in [0.717, 1.165) is 5.56 Å². The van der Waals surface area contributed by atoms with E-state index in [0.29, 0.717) is 6.42 Å². The lowest BCUT2D eigenvalue weighted by atomic mass is 10.2. The lowest BCUT2D eigenvalue weighted by Crippen LogP contribution is -2.05. The molecule has 0 saturated heterocycles. The maximum Gasteiger partial charge on any atom is 0.0660 e. The Morgan fingerprint density at radius 1 is 1.09 bits per heavy atom. The highest BCUT2D eigenvalue weighted by atomic mass is 19.4. The second kappa shape index (κ2) is 4.03. The molecule has 0 N–H and O–H groups in total. The van der Waals surface area contributed by atoms with Gasteiger partial charge in [0.2, 0.25) is 0 Å². The van der Waals surface area contributed by atoms with Crippen LogP contribution in [0.3, 0.4) is 0 Å². The van der Waals surface area contributed by atoms with E-state index in [2.05, 4.69) is 0 Å². The predicted molar refractivity (Wildman–Crippen MR) is 39.1 cm³/mol. The van der Waals surface area contributed by atoms with Crippen molar-refractivity contribution in [2.75, 3.05) is 6.54 Å². The van der Waals surface area contributed by atoms with Crippen LogP contribution in [0.4, 0.5) is 8.96 Å². The predicted octanol–water partition coefficient (Wildman–Crippen LogP) is 2.30. The van der Waals surface area contributed by atoms with Gasteiger partial charge in [0, 0.05) is 5.34 Å². The molecule has 0 heterocycles. The molecule has 0 bridgehead atoms. The van der Waals surface area contributed by atoms with E-state index in [1.807, 2.05) is 30.3 Å². The van der Waals surface area contributed by atoms with Crippen LogP contribution in [-0.4, -0.2) is 11.9 Å². The first-order valence-corrected chi connectivity index (χ1v) is 3.42. The fourth-order valence-corrected chi connectivity index (χ4v) is 0.858. The van der Waals surface area contributed by atoms with Gasteiger partial charge in [-0.25, -0.2) is 0 Å². The van der Waals surface area contributed by atoms with Crippen LogP contribution in [-0.2, 0) is 6.42 Å². The first kappa shape index (κ1) is 8.14. The maximum atomic E-state index is 11.6. The van der Waals surface area contributed by atoms with E-state index >= 15 is 0 Å². The molecule has 60 valence electrons. The third kappa shape index (κ3) is 3.09. The van der Waals surface area contributed by atoms with Gasteiger partial charge in [0.1, 0.15) is 0 Å². The van der Waals surface area contributed by atoms with Gasteiger partial charge in [-0.05, 0) is 12.0 Å². The lowest BCUT2D eigenvalue weighted by Gasteiger charge is -1.99. The van der Waals surface area contributed by atoms with Gasteiger partial charge in [0.25, 0.3) is 0 Å². The van der Waals surface area contributed by atoms with Crippen LogP contribution in [0.25, 0.3) is 0 Å². The summed E-state index contributed by atoms with van der Waals surface area (Å²) in [5, 5.41) is -0.799. The molecule has 3 heteroatoms. The second-order valence-electron chi connectivity index (χ2n) is 2.26. The molecule has 0 amide bonds. The highest BCUT2D eigenvalue weighted by molar-refractivity contribution is 5.14. The smallest absolute Gasteiger partial charge is 0.0660 e. The number of benzene rings is 1. The zero-order valence-corrected chi connectivity index (χ0v) is 6.00. The van der Waals surface area contributed by atoms with Crippen LogP contribution >= 0.6 is 0 Å². The van der Waals surface area contributed by atoms with Crippen molar-refractivity contribution in [3.05, 3.63) is 35.9 Å². The third-order valence-corrected chi connectivity index (χ3v) is 1.41. The molecular formula is C8H9F2N. The van der Waals surface area contributed by atoms with Crippen LogP contribution in [0.2, 0.25) is 0 Å². The SMILES string of the molecule is FN(F)CCc1ccccc1. The van der Waals surface area contributed by atoms with Gasteiger partial charge in [-0.15, -0.1) is 8.96 Å². The van der Waals surface area contributed by atoms with Crippen molar-refractivity contribution in [3.63, 3.8) is 0 Å². The van der Waals surface area contributed by atoms with E-state index in [1.165, 1.54) is 0 Å². The Morgan fingerprint density at radius 3 is 2.27 bits per heavy atom. The molecule has 0 spiro atoms. The molecule has 0 radical (unpaired) electrons. The molecule has 1 rings (SSSR count). The molecular weight excluding hydrogens is 148 g/mol. The topological polar surface area (TPSA) is 3.24 Å². The van der Waals surface area contributed by atoms with E-state index in [-0.39, 0.29) is 6.54 Å². The summed E-state index contributed by atoms with van der Waals surface area (Å²) in [5.74, 6) is 0. The Kier molecular flexibility index (Phi) is 2.98. The van der Waals surface area contributed by atoms with Crippen LogP contribution in [0, 0.1) is 0 Å². The van der Waals surface area contributed by atoms with Crippen molar-refractivity contribution in [2.45, 2.75) is 6.42 Å². The lowest BCUT2D eigenvalue weighted by molar-refractivity contribution is -0.151. The van der Waals surface area contributed by atoms with Crippen LogP contribution < -0.4 is 0 Å². The standard InChI is InChI=1S/C8H9F2N/c9-11(10)7-6-8-4-2-1-3-5-8/h1-5H,6-7H2. The summed E-state index contributed by atoms with van der Waals surface area (Å²) in [5.41, 5.74) is 0.938. The Labute approximate surface area is 64.1 Å². The van der Waals surface area contributed by atoms with Crippen molar-refractivity contribution in [3.8, 4) is 0 Å². The van der Waals surface area contributed by atoms with Gasteiger partial charge in [0.15, 0.2) is 0 Å². The van der Waals surface area contributed by atoms with Crippen molar-refractivity contribution in [2.24, 2.45) is 0 Å². The van der Waals surface area contributed by atoms with Gasteiger partial charge in [0.05, 0.1) is 6.54 Å². The molecule has 11 heavy (non-hydrogen) atoms. The second-order valence-corrected chi connectivity index (χ2v) is 2.26. The first-order valence-electron chi connectivity index (χ1n) is 3.42. The molecule has 1 aromatic rings. The maximum absolute atomic E-state index is 11.6. The van der Waals surface area contributed by atoms with Gasteiger partial charge >= 0.3 is 0 Å². The zero-order valence-electron chi connectivity index (χ0n) is 6.00. The Balaban J connectivity index is 2.39. The first-order chi connectivity index (χ1) is 5.29. The average Bonchev–Trinajstić information content (AvgIpc) is 2.03. The fraction of sp³-hybridized carbons (Fsp3) is 0.250. The van der Waals surface area contributed by atoms with Crippen LogP contribution in [0.15, 0.2) is 30.3 Å². The number of nitrogens with zero attached hydrogens (tertiary/aromatic N) is 1. The molecule has 0 atom stereocenters. The molecule has 0 fully saturated rings. The fourth-order valence-electron chi connectivity index (χ4n) is 0.858. The van der Waals surface area contributed by atoms with E-state index in [9.17, 15) is 8.96 Å². The summed E-state index contributed by atoms with van der Waals surface area (Å²) in [6, 6.07) is 9.23. The normalized spacial score (nSPS) is 10.5. The van der Waals surface area contributed by atoms with Gasteiger partial charge in [-0.2, -0.15) is 0 Å². The molecule has 0 saturated carbocycles. The Hall–Kier alpha value is -0.960. The van der Waals surface area contributed by atoms with Crippen molar-refractivity contribution in [1.82, 2.24) is 5.34 Å². The number of hydrogen-bond acceptors (Lipinski definition) is 1. The summed E-state index contributed by atoms with van der Waals surface area (Å²) >= 11 is 0. The molecule has 0 aliphatic heterocycles. The molecule has 1 nitrogen and oxygen atoms in total. The molecule has 0 unspecified atom stereocenters.